The van der Waals surface area contributed by atoms with Crippen LogP contribution >= 0.6 is 0 Å². The van der Waals surface area contributed by atoms with Crippen LogP contribution in [-0.4, -0.2) is 32.2 Å². The number of nitrogens with one attached hydrogen (secondary N) is 1. The molecule has 1 atom stereocenters. The Morgan fingerprint density at radius 1 is 0.846 bits per heavy atom. The van der Waals surface area contributed by atoms with Crippen molar-refractivity contribution in [1.29, 1.82) is 0 Å². The molecule has 1 heterocycles. The summed E-state index contributed by atoms with van der Waals surface area (Å²) in [4.78, 5) is 36.8. The van der Waals surface area contributed by atoms with E-state index in [4.69, 9.17) is 5.73 Å². The lowest BCUT2D eigenvalue weighted by Crippen LogP contribution is -2.61. The minimum atomic E-state index is -1.34. The van der Waals surface area contributed by atoms with Gasteiger partial charge in [-0.15, -0.1) is 0 Å². The Labute approximate surface area is 228 Å². The summed E-state index contributed by atoms with van der Waals surface area (Å²) in [6.07, 6.45) is 2.24. The van der Waals surface area contributed by atoms with Crippen molar-refractivity contribution < 1.29 is 9.59 Å². The molecule has 0 bridgehead atoms. The van der Waals surface area contributed by atoms with Crippen LogP contribution in [0.3, 0.4) is 0 Å². The number of hydrogen-bond acceptors (Lipinski definition) is 3. The number of carbonyl (C=O) groups excluding carboxylic acids is 2. The number of rotatable bonds is 9. The largest absolute Gasteiger partial charge is 0.368 e. The first-order valence-electron chi connectivity index (χ1n) is 13.3. The van der Waals surface area contributed by atoms with Crippen LogP contribution in [0.15, 0.2) is 91.1 Å². The van der Waals surface area contributed by atoms with E-state index in [0.29, 0.717) is 0 Å². The molecule has 6 heteroatoms. The summed E-state index contributed by atoms with van der Waals surface area (Å²) < 4.78 is 0. The first kappa shape index (κ1) is 26.2. The lowest BCUT2D eigenvalue weighted by molar-refractivity contribution is -0.146. The van der Waals surface area contributed by atoms with Crippen molar-refractivity contribution >= 4 is 33.4 Å². The zero-order valence-corrected chi connectivity index (χ0v) is 22.6. The molecule has 0 spiro atoms. The van der Waals surface area contributed by atoms with Crippen LogP contribution in [0.25, 0.3) is 21.5 Å². The van der Waals surface area contributed by atoms with Crippen LogP contribution in [0.4, 0.5) is 0 Å². The van der Waals surface area contributed by atoms with Gasteiger partial charge < -0.3 is 15.6 Å². The summed E-state index contributed by atoms with van der Waals surface area (Å²) in [6.45, 7) is 5.87. The van der Waals surface area contributed by atoms with Gasteiger partial charge in [-0.25, -0.2) is 4.98 Å². The Morgan fingerprint density at radius 2 is 1.41 bits per heavy atom. The van der Waals surface area contributed by atoms with Gasteiger partial charge in [-0.1, -0.05) is 98.8 Å². The van der Waals surface area contributed by atoms with Gasteiger partial charge in [0.2, 0.25) is 11.8 Å². The van der Waals surface area contributed by atoms with Crippen LogP contribution in [0.2, 0.25) is 0 Å². The molecule has 2 amide bonds. The zero-order chi connectivity index (χ0) is 27.6. The van der Waals surface area contributed by atoms with Gasteiger partial charge in [0.15, 0.2) is 0 Å². The van der Waals surface area contributed by atoms with E-state index in [1.807, 2.05) is 84.9 Å². The molecule has 0 saturated heterocycles. The molecule has 5 rings (SSSR count). The second-order valence-corrected chi connectivity index (χ2v) is 10.6. The summed E-state index contributed by atoms with van der Waals surface area (Å²) >= 11 is 0. The molecule has 1 unspecified atom stereocenters. The van der Waals surface area contributed by atoms with Gasteiger partial charge in [0.1, 0.15) is 11.4 Å². The fourth-order valence-corrected chi connectivity index (χ4v) is 5.56. The highest BCUT2D eigenvalue weighted by Crippen LogP contribution is 2.32. The fourth-order valence-electron chi connectivity index (χ4n) is 5.56. The Kier molecular flexibility index (Phi) is 7.20. The minimum Gasteiger partial charge on any atom is -0.368 e. The monoisotopic (exact) mass is 518 g/mol. The molecular formula is C33H34N4O2. The number of primary amides is 1. The number of amides is 2. The summed E-state index contributed by atoms with van der Waals surface area (Å²) in [5.74, 6) is 0.258. The van der Waals surface area contributed by atoms with Crippen molar-refractivity contribution in [2.24, 2.45) is 5.73 Å². The average Bonchev–Trinajstić information content (AvgIpc) is 3.40. The summed E-state index contributed by atoms with van der Waals surface area (Å²) in [7, 11) is 0. The molecule has 3 N–H and O–H groups in total. The lowest BCUT2D eigenvalue weighted by Gasteiger charge is -2.42. The number of carbonyl (C=O) groups is 2. The van der Waals surface area contributed by atoms with Gasteiger partial charge in [-0.05, 0) is 32.7 Å². The third-order valence-corrected chi connectivity index (χ3v) is 7.60. The smallest absolute Gasteiger partial charge is 0.244 e. The van der Waals surface area contributed by atoms with Crippen molar-refractivity contribution in [2.75, 3.05) is 0 Å². The van der Waals surface area contributed by atoms with Crippen molar-refractivity contribution in [3.05, 3.63) is 114 Å². The second kappa shape index (κ2) is 10.7. The van der Waals surface area contributed by atoms with Crippen LogP contribution in [0.5, 0.6) is 0 Å². The predicted octanol–water partition coefficient (Wildman–Crippen LogP) is 5.90. The second-order valence-electron chi connectivity index (χ2n) is 10.6. The van der Waals surface area contributed by atoms with Crippen molar-refractivity contribution in [3.8, 4) is 0 Å². The Bertz CT molecular complexity index is 1640. The molecule has 0 aliphatic carbocycles. The highest BCUT2D eigenvalue weighted by Gasteiger charge is 2.45. The lowest BCUT2D eigenvalue weighted by atomic mass is 9.81. The molecular weight excluding hydrogens is 484 g/mol. The first-order chi connectivity index (χ1) is 18.8. The normalized spacial score (nSPS) is 13.0. The highest BCUT2D eigenvalue weighted by atomic mass is 16.2. The van der Waals surface area contributed by atoms with Crippen LogP contribution < -0.4 is 5.73 Å². The molecule has 198 valence electrons. The van der Waals surface area contributed by atoms with Gasteiger partial charge >= 0.3 is 0 Å². The number of H-pyrrole nitrogens is 1. The van der Waals surface area contributed by atoms with Gasteiger partial charge in [0.25, 0.3) is 0 Å². The van der Waals surface area contributed by atoms with Gasteiger partial charge in [0, 0.05) is 44.1 Å². The van der Waals surface area contributed by atoms with E-state index < -0.39 is 11.4 Å². The molecule has 0 aliphatic heterocycles. The number of fused-ring (bicyclic) bond motifs is 2. The first-order valence-corrected chi connectivity index (χ1v) is 13.3. The number of aromatic nitrogens is 2. The van der Waals surface area contributed by atoms with E-state index in [1.165, 1.54) is 6.92 Å². The molecule has 0 radical (unpaired) electrons. The number of aromatic amines is 1. The standard InChI is InChI=1S/C33H34N4O2/c1-22(2)31-35-20-28(36-31)19-33(32(34)39,18-26-14-8-12-24-10-4-6-16-29(24)26)37(23(3)38)21-27-15-9-13-25-11-5-7-17-30(25)27/h4-17,20,22H,18-19,21H2,1-3H3,(H2,34,39)(H,35,36). The van der Waals surface area contributed by atoms with Crippen LogP contribution in [0, 0.1) is 0 Å². The molecule has 1 aromatic heterocycles. The number of benzene rings is 4. The zero-order valence-electron chi connectivity index (χ0n) is 22.6. The number of imidazole rings is 1. The Hall–Kier alpha value is -4.45. The van der Waals surface area contributed by atoms with E-state index in [1.54, 1.807) is 11.1 Å². The summed E-state index contributed by atoms with van der Waals surface area (Å²) in [6, 6.07) is 28.2. The molecule has 5 aromatic rings. The van der Waals surface area contributed by atoms with Crippen LogP contribution in [0.1, 0.15) is 49.3 Å². The number of nitrogens with two attached hydrogens (primary N) is 1. The maximum absolute atomic E-state index is 13.7. The topological polar surface area (TPSA) is 92.1 Å². The molecule has 6 nitrogen and oxygen atoms in total. The third kappa shape index (κ3) is 5.15. The van der Waals surface area contributed by atoms with Crippen LogP contribution in [-0.2, 0) is 29.0 Å². The van der Waals surface area contributed by atoms with Gasteiger partial charge in [0.05, 0.1) is 0 Å². The average molecular weight is 519 g/mol. The summed E-state index contributed by atoms with van der Waals surface area (Å²) in [5, 5.41) is 4.22. The maximum Gasteiger partial charge on any atom is 0.244 e. The van der Waals surface area contributed by atoms with Gasteiger partial charge in [-0.2, -0.15) is 0 Å². The molecule has 4 aromatic carbocycles. The van der Waals surface area contributed by atoms with E-state index in [-0.39, 0.29) is 31.2 Å². The molecule has 0 saturated carbocycles. The molecule has 0 fully saturated rings. The molecule has 0 aliphatic rings. The quantitative estimate of drug-likeness (QED) is 0.255. The predicted molar refractivity (Wildman–Crippen MR) is 156 cm³/mol. The highest BCUT2D eigenvalue weighted by molar-refractivity contribution is 5.93. The van der Waals surface area contributed by atoms with E-state index >= 15 is 0 Å². The van der Waals surface area contributed by atoms with E-state index in [0.717, 1.165) is 44.2 Å². The van der Waals surface area contributed by atoms with Crippen molar-refractivity contribution in [2.45, 2.75) is 51.6 Å². The maximum atomic E-state index is 13.7. The fraction of sp³-hybridized carbons (Fsp3) is 0.242. The van der Waals surface area contributed by atoms with Crippen molar-refractivity contribution in [1.82, 2.24) is 14.9 Å². The number of hydrogen-bond donors (Lipinski definition) is 2. The van der Waals surface area contributed by atoms with Gasteiger partial charge in [-0.3, -0.25) is 9.59 Å². The Balaban J connectivity index is 1.67. The minimum absolute atomic E-state index is 0.194. The van der Waals surface area contributed by atoms with E-state index in [9.17, 15) is 9.59 Å². The van der Waals surface area contributed by atoms with E-state index in [2.05, 4.69) is 23.8 Å². The third-order valence-electron chi connectivity index (χ3n) is 7.60. The molecule has 39 heavy (non-hydrogen) atoms. The SMILES string of the molecule is CC(=O)N(Cc1cccc2ccccc12)C(Cc1cnc(C(C)C)[nH]1)(Cc1cccc2ccccc12)C(N)=O. The Morgan fingerprint density at radius 3 is 1.97 bits per heavy atom. The van der Waals surface area contributed by atoms with Crippen molar-refractivity contribution in [3.63, 3.8) is 0 Å². The number of nitrogens with zero attached hydrogens (tertiary/aromatic N) is 2. The summed E-state index contributed by atoms with van der Waals surface area (Å²) in [5.41, 5.74) is 7.66.